The largest absolute Gasteiger partial charge is 0.416 e. The predicted octanol–water partition coefficient (Wildman–Crippen LogP) is 4.80. The number of halogens is 3. The van der Waals surface area contributed by atoms with E-state index in [2.05, 4.69) is 20.6 Å². The van der Waals surface area contributed by atoms with Crippen molar-refractivity contribution in [2.45, 2.75) is 13.1 Å². The number of nitrogens with zero attached hydrogens (tertiary/aromatic N) is 2. The van der Waals surface area contributed by atoms with Crippen LogP contribution < -0.4 is 10.6 Å². The molecule has 8 heteroatoms. The maximum absolute atomic E-state index is 12.6. The summed E-state index contributed by atoms with van der Waals surface area (Å²) in [6, 6.07) is 13.1. The van der Waals surface area contributed by atoms with Gasteiger partial charge in [-0.05, 0) is 49.4 Å². The lowest BCUT2D eigenvalue weighted by Crippen LogP contribution is -2.15. The van der Waals surface area contributed by atoms with Gasteiger partial charge in [-0.1, -0.05) is 17.7 Å². The molecule has 0 aliphatic rings. The van der Waals surface area contributed by atoms with Crippen LogP contribution >= 0.6 is 0 Å². The van der Waals surface area contributed by atoms with Crippen molar-refractivity contribution in [3.05, 3.63) is 77.6 Å². The third-order valence-electron chi connectivity index (χ3n) is 3.67. The van der Waals surface area contributed by atoms with Gasteiger partial charge in [-0.15, -0.1) is 0 Å². The standard InChI is InChI=1S/C19H15F3N4O/c1-12-2-6-15(7-3-12)25-18-23-11-10-16(26-18)17(27)24-14-8-4-13(5-9-14)19(20,21)22/h2-11H,1H3,(H,24,27)(H,23,25,26). The maximum Gasteiger partial charge on any atom is 0.416 e. The van der Waals surface area contributed by atoms with E-state index in [1.807, 2.05) is 31.2 Å². The summed E-state index contributed by atoms with van der Waals surface area (Å²) in [7, 11) is 0. The fourth-order valence-electron chi connectivity index (χ4n) is 2.25. The molecule has 0 spiro atoms. The van der Waals surface area contributed by atoms with Gasteiger partial charge >= 0.3 is 6.18 Å². The summed E-state index contributed by atoms with van der Waals surface area (Å²) in [6.07, 6.45) is -3.00. The van der Waals surface area contributed by atoms with Crippen LogP contribution in [0.2, 0.25) is 0 Å². The van der Waals surface area contributed by atoms with Gasteiger partial charge in [-0.2, -0.15) is 13.2 Å². The molecular formula is C19H15F3N4O. The summed E-state index contributed by atoms with van der Waals surface area (Å²) in [6.45, 7) is 1.96. The minimum Gasteiger partial charge on any atom is -0.324 e. The van der Waals surface area contributed by atoms with E-state index in [9.17, 15) is 18.0 Å². The number of aryl methyl sites for hydroxylation is 1. The van der Waals surface area contributed by atoms with Crippen LogP contribution in [0.5, 0.6) is 0 Å². The molecule has 0 unspecified atom stereocenters. The molecular weight excluding hydrogens is 357 g/mol. The molecule has 0 aliphatic heterocycles. The van der Waals surface area contributed by atoms with Gasteiger partial charge in [0.05, 0.1) is 5.56 Å². The number of rotatable bonds is 4. The zero-order valence-electron chi connectivity index (χ0n) is 14.2. The number of hydrogen-bond donors (Lipinski definition) is 2. The molecule has 2 aromatic carbocycles. The zero-order valence-corrected chi connectivity index (χ0v) is 14.2. The molecule has 1 heterocycles. The molecule has 1 aromatic heterocycles. The summed E-state index contributed by atoms with van der Waals surface area (Å²) in [5.41, 5.74) is 1.40. The molecule has 3 aromatic rings. The number of benzene rings is 2. The lowest BCUT2D eigenvalue weighted by atomic mass is 10.2. The molecule has 0 atom stereocenters. The Balaban J connectivity index is 1.70. The fourth-order valence-corrected chi connectivity index (χ4v) is 2.25. The molecule has 0 fully saturated rings. The van der Waals surface area contributed by atoms with Crippen molar-refractivity contribution >= 4 is 23.2 Å². The second-order valence-electron chi connectivity index (χ2n) is 5.79. The Morgan fingerprint density at radius 1 is 0.926 bits per heavy atom. The van der Waals surface area contributed by atoms with Crippen molar-refractivity contribution in [2.75, 3.05) is 10.6 Å². The summed E-state index contributed by atoms with van der Waals surface area (Å²) in [5.74, 6) is -0.317. The van der Waals surface area contributed by atoms with Crippen LogP contribution in [0.15, 0.2) is 60.8 Å². The van der Waals surface area contributed by atoms with Gasteiger partial charge < -0.3 is 10.6 Å². The van der Waals surface area contributed by atoms with Crippen molar-refractivity contribution in [1.82, 2.24) is 9.97 Å². The van der Waals surface area contributed by atoms with Gasteiger partial charge in [-0.25, -0.2) is 9.97 Å². The Labute approximate surface area is 153 Å². The Kier molecular flexibility index (Phi) is 5.07. The summed E-state index contributed by atoms with van der Waals surface area (Å²) < 4.78 is 37.7. The van der Waals surface area contributed by atoms with Crippen molar-refractivity contribution < 1.29 is 18.0 Å². The Morgan fingerprint density at radius 3 is 2.19 bits per heavy atom. The van der Waals surface area contributed by atoms with Crippen LogP contribution in [0.1, 0.15) is 21.6 Å². The monoisotopic (exact) mass is 372 g/mol. The first-order valence-corrected chi connectivity index (χ1v) is 7.96. The van der Waals surface area contributed by atoms with Gasteiger partial charge in [0.25, 0.3) is 5.91 Å². The van der Waals surface area contributed by atoms with Gasteiger partial charge in [0, 0.05) is 17.6 Å². The molecule has 0 radical (unpaired) electrons. The fraction of sp³-hybridized carbons (Fsp3) is 0.105. The molecule has 138 valence electrons. The third kappa shape index (κ3) is 4.81. The molecule has 0 saturated carbocycles. The van der Waals surface area contributed by atoms with Crippen molar-refractivity contribution in [1.29, 1.82) is 0 Å². The second kappa shape index (κ2) is 7.45. The van der Waals surface area contributed by atoms with E-state index in [0.29, 0.717) is 0 Å². The van der Waals surface area contributed by atoms with Crippen molar-refractivity contribution in [3.8, 4) is 0 Å². The van der Waals surface area contributed by atoms with E-state index in [0.717, 1.165) is 23.4 Å². The highest BCUT2D eigenvalue weighted by Crippen LogP contribution is 2.29. The van der Waals surface area contributed by atoms with Crippen LogP contribution in [0.25, 0.3) is 0 Å². The lowest BCUT2D eigenvalue weighted by molar-refractivity contribution is -0.137. The summed E-state index contributed by atoms with van der Waals surface area (Å²) in [5, 5.41) is 5.50. The SMILES string of the molecule is Cc1ccc(Nc2nccc(C(=O)Nc3ccc(C(F)(F)F)cc3)n2)cc1. The third-order valence-corrected chi connectivity index (χ3v) is 3.67. The molecule has 3 rings (SSSR count). The van der Waals surface area contributed by atoms with Crippen LogP contribution in [0.4, 0.5) is 30.5 Å². The number of carbonyl (C=O) groups excluding carboxylic acids is 1. The Hall–Kier alpha value is -3.42. The highest BCUT2D eigenvalue weighted by Gasteiger charge is 2.30. The number of nitrogens with one attached hydrogen (secondary N) is 2. The van der Waals surface area contributed by atoms with Crippen LogP contribution in [-0.4, -0.2) is 15.9 Å². The first kappa shape index (κ1) is 18.4. The van der Waals surface area contributed by atoms with E-state index < -0.39 is 17.6 Å². The zero-order chi connectivity index (χ0) is 19.4. The van der Waals surface area contributed by atoms with Crippen molar-refractivity contribution in [3.63, 3.8) is 0 Å². The molecule has 0 aliphatic carbocycles. The van der Waals surface area contributed by atoms with E-state index in [1.165, 1.54) is 24.4 Å². The minimum absolute atomic E-state index is 0.0829. The quantitative estimate of drug-likeness (QED) is 0.690. The number of alkyl halides is 3. The molecule has 5 nitrogen and oxygen atoms in total. The highest BCUT2D eigenvalue weighted by molar-refractivity contribution is 6.03. The number of aromatic nitrogens is 2. The number of hydrogen-bond acceptors (Lipinski definition) is 4. The normalized spacial score (nSPS) is 11.1. The smallest absolute Gasteiger partial charge is 0.324 e. The average Bonchev–Trinajstić information content (AvgIpc) is 2.63. The summed E-state index contributed by atoms with van der Waals surface area (Å²) >= 11 is 0. The van der Waals surface area contributed by atoms with E-state index >= 15 is 0 Å². The van der Waals surface area contributed by atoms with Crippen LogP contribution in [0.3, 0.4) is 0 Å². The number of carbonyl (C=O) groups is 1. The Bertz CT molecular complexity index is 938. The predicted molar refractivity (Wildman–Crippen MR) is 95.9 cm³/mol. The van der Waals surface area contributed by atoms with E-state index in [4.69, 9.17) is 0 Å². The molecule has 27 heavy (non-hydrogen) atoms. The molecule has 0 bridgehead atoms. The van der Waals surface area contributed by atoms with Crippen LogP contribution in [-0.2, 0) is 6.18 Å². The van der Waals surface area contributed by atoms with E-state index in [1.54, 1.807) is 0 Å². The van der Waals surface area contributed by atoms with Gasteiger partial charge in [0.15, 0.2) is 0 Å². The van der Waals surface area contributed by atoms with E-state index in [-0.39, 0.29) is 17.3 Å². The summed E-state index contributed by atoms with van der Waals surface area (Å²) in [4.78, 5) is 20.5. The number of amides is 1. The lowest BCUT2D eigenvalue weighted by Gasteiger charge is -2.09. The van der Waals surface area contributed by atoms with Gasteiger partial charge in [0.2, 0.25) is 5.95 Å². The molecule has 0 saturated heterocycles. The number of anilines is 3. The minimum atomic E-state index is -4.42. The maximum atomic E-state index is 12.6. The first-order valence-electron chi connectivity index (χ1n) is 7.96. The average molecular weight is 372 g/mol. The van der Waals surface area contributed by atoms with Crippen molar-refractivity contribution in [2.24, 2.45) is 0 Å². The Morgan fingerprint density at radius 2 is 1.56 bits per heavy atom. The highest BCUT2D eigenvalue weighted by atomic mass is 19.4. The topological polar surface area (TPSA) is 66.9 Å². The van der Waals surface area contributed by atoms with Gasteiger partial charge in [-0.3, -0.25) is 4.79 Å². The van der Waals surface area contributed by atoms with Gasteiger partial charge in [0.1, 0.15) is 5.69 Å². The van der Waals surface area contributed by atoms with Crippen LogP contribution in [0, 0.1) is 6.92 Å². The second-order valence-corrected chi connectivity index (χ2v) is 5.79. The molecule has 1 amide bonds. The molecule has 2 N–H and O–H groups in total. The first-order chi connectivity index (χ1) is 12.8.